The summed E-state index contributed by atoms with van der Waals surface area (Å²) in [6.45, 7) is 0.550. The molecule has 2 aromatic rings. The molecule has 0 radical (unpaired) electrons. The fraction of sp³-hybridized carbons (Fsp3) is 0.222. The number of nitrogens with two attached hydrogens (primary N) is 1. The molecule has 62 valence electrons. The summed E-state index contributed by atoms with van der Waals surface area (Å²) in [5.41, 5.74) is 8.83. The summed E-state index contributed by atoms with van der Waals surface area (Å²) in [6, 6.07) is 6.06. The molecule has 0 saturated heterocycles. The molecule has 3 heteroatoms. The van der Waals surface area contributed by atoms with Gasteiger partial charge in [0.2, 0.25) is 0 Å². The molecular weight excluding hydrogens is 150 g/mol. The maximum absolute atomic E-state index is 5.58. The van der Waals surface area contributed by atoms with Crippen molar-refractivity contribution in [1.82, 2.24) is 9.55 Å². The van der Waals surface area contributed by atoms with Crippen LogP contribution in [-0.4, -0.2) is 9.55 Å². The minimum atomic E-state index is 0.550. The van der Waals surface area contributed by atoms with Crippen molar-refractivity contribution in [3.05, 3.63) is 30.1 Å². The van der Waals surface area contributed by atoms with Crippen molar-refractivity contribution in [3.63, 3.8) is 0 Å². The number of rotatable bonds is 1. The molecule has 0 unspecified atom stereocenters. The van der Waals surface area contributed by atoms with E-state index in [1.165, 1.54) is 0 Å². The van der Waals surface area contributed by atoms with E-state index in [0.717, 1.165) is 16.6 Å². The molecule has 0 saturated carbocycles. The van der Waals surface area contributed by atoms with Crippen LogP contribution in [0.1, 0.15) is 5.56 Å². The van der Waals surface area contributed by atoms with Gasteiger partial charge >= 0.3 is 0 Å². The van der Waals surface area contributed by atoms with Crippen molar-refractivity contribution >= 4 is 11.0 Å². The highest BCUT2D eigenvalue weighted by Gasteiger charge is 2.02. The molecule has 12 heavy (non-hydrogen) atoms. The maximum Gasteiger partial charge on any atom is 0.0955 e. The van der Waals surface area contributed by atoms with E-state index in [2.05, 4.69) is 4.98 Å². The number of imidazole rings is 1. The van der Waals surface area contributed by atoms with Gasteiger partial charge < -0.3 is 10.3 Å². The van der Waals surface area contributed by atoms with Gasteiger partial charge in [-0.05, 0) is 11.6 Å². The lowest BCUT2D eigenvalue weighted by Gasteiger charge is -1.98. The lowest BCUT2D eigenvalue weighted by Crippen LogP contribution is -1.97. The molecule has 1 aromatic heterocycles. The first kappa shape index (κ1) is 7.31. The van der Waals surface area contributed by atoms with E-state index in [9.17, 15) is 0 Å². The molecule has 0 atom stereocenters. The molecule has 0 amide bonds. The Morgan fingerprint density at radius 1 is 1.50 bits per heavy atom. The lowest BCUT2D eigenvalue weighted by molar-refractivity contribution is 0.947. The fourth-order valence-corrected chi connectivity index (χ4v) is 1.38. The number of aromatic nitrogens is 2. The summed E-state index contributed by atoms with van der Waals surface area (Å²) in [5.74, 6) is 0. The van der Waals surface area contributed by atoms with Crippen LogP contribution in [0.25, 0.3) is 11.0 Å². The van der Waals surface area contributed by atoms with Gasteiger partial charge in [0.05, 0.1) is 17.4 Å². The number of hydrogen-bond donors (Lipinski definition) is 1. The summed E-state index contributed by atoms with van der Waals surface area (Å²) in [4.78, 5) is 4.27. The molecule has 0 bridgehead atoms. The Balaban J connectivity index is 2.81. The second-order valence-electron chi connectivity index (χ2n) is 2.84. The van der Waals surface area contributed by atoms with Crippen LogP contribution in [0, 0.1) is 0 Å². The van der Waals surface area contributed by atoms with Crippen LogP contribution in [-0.2, 0) is 13.6 Å². The van der Waals surface area contributed by atoms with Gasteiger partial charge in [0.15, 0.2) is 0 Å². The van der Waals surface area contributed by atoms with Crippen molar-refractivity contribution in [2.24, 2.45) is 12.8 Å². The highest BCUT2D eigenvalue weighted by molar-refractivity contribution is 5.78. The summed E-state index contributed by atoms with van der Waals surface area (Å²) in [6.07, 6.45) is 1.81. The third kappa shape index (κ3) is 0.905. The second-order valence-corrected chi connectivity index (χ2v) is 2.84. The van der Waals surface area contributed by atoms with E-state index < -0.39 is 0 Å². The van der Waals surface area contributed by atoms with Gasteiger partial charge in [0.25, 0.3) is 0 Å². The van der Waals surface area contributed by atoms with E-state index in [0.29, 0.717) is 6.54 Å². The van der Waals surface area contributed by atoms with Crippen LogP contribution in [0.3, 0.4) is 0 Å². The number of para-hydroxylation sites is 1. The van der Waals surface area contributed by atoms with Crippen LogP contribution in [0.4, 0.5) is 0 Å². The van der Waals surface area contributed by atoms with Gasteiger partial charge in [-0.1, -0.05) is 12.1 Å². The third-order valence-electron chi connectivity index (χ3n) is 2.06. The van der Waals surface area contributed by atoms with Crippen LogP contribution in [0.15, 0.2) is 24.5 Å². The van der Waals surface area contributed by atoms with E-state index in [4.69, 9.17) is 5.73 Å². The topological polar surface area (TPSA) is 43.8 Å². The normalized spacial score (nSPS) is 10.8. The molecule has 0 fully saturated rings. The van der Waals surface area contributed by atoms with Crippen LogP contribution >= 0.6 is 0 Å². The van der Waals surface area contributed by atoms with Gasteiger partial charge in [0.1, 0.15) is 0 Å². The van der Waals surface area contributed by atoms with Gasteiger partial charge in [-0.15, -0.1) is 0 Å². The number of benzene rings is 1. The van der Waals surface area contributed by atoms with Gasteiger partial charge in [0, 0.05) is 13.6 Å². The van der Waals surface area contributed by atoms with Crippen molar-refractivity contribution in [1.29, 1.82) is 0 Å². The minimum Gasteiger partial charge on any atom is -0.334 e. The predicted molar refractivity (Wildman–Crippen MR) is 48.6 cm³/mol. The summed E-state index contributed by atoms with van der Waals surface area (Å²) >= 11 is 0. The third-order valence-corrected chi connectivity index (χ3v) is 2.06. The molecule has 0 aliphatic rings. The average Bonchev–Trinajstić information content (AvgIpc) is 2.48. The molecule has 1 heterocycles. The Morgan fingerprint density at radius 2 is 2.33 bits per heavy atom. The van der Waals surface area contributed by atoms with E-state index in [1.54, 1.807) is 0 Å². The summed E-state index contributed by atoms with van der Waals surface area (Å²) in [5, 5.41) is 0. The number of fused-ring (bicyclic) bond motifs is 1. The second kappa shape index (κ2) is 2.60. The molecular formula is C9H11N3. The van der Waals surface area contributed by atoms with Crippen LogP contribution in [0.2, 0.25) is 0 Å². The van der Waals surface area contributed by atoms with Crippen molar-refractivity contribution in [3.8, 4) is 0 Å². The zero-order chi connectivity index (χ0) is 8.55. The standard InChI is InChI=1S/C9H11N3/c1-12-6-11-9-7(5-10)3-2-4-8(9)12/h2-4,6H,5,10H2,1H3. The zero-order valence-corrected chi connectivity index (χ0v) is 6.99. The van der Waals surface area contributed by atoms with Gasteiger partial charge in [-0.2, -0.15) is 0 Å². The Hall–Kier alpha value is -1.35. The Labute approximate surface area is 70.8 Å². The molecule has 2 N–H and O–H groups in total. The number of aryl methyl sites for hydroxylation is 1. The summed E-state index contributed by atoms with van der Waals surface area (Å²) in [7, 11) is 1.98. The number of nitrogens with zero attached hydrogens (tertiary/aromatic N) is 2. The quantitative estimate of drug-likeness (QED) is 0.679. The van der Waals surface area contributed by atoms with E-state index >= 15 is 0 Å². The van der Waals surface area contributed by atoms with E-state index in [-0.39, 0.29) is 0 Å². The monoisotopic (exact) mass is 161 g/mol. The first-order valence-electron chi connectivity index (χ1n) is 3.92. The predicted octanol–water partition coefficient (Wildman–Crippen LogP) is 1.03. The molecule has 2 rings (SSSR count). The molecule has 3 nitrogen and oxygen atoms in total. The fourth-order valence-electron chi connectivity index (χ4n) is 1.38. The molecule has 0 aliphatic heterocycles. The first-order chi connectivity index (χ1) is 5.83. The largest absolute Gasteiger partial charge is 0.334 e. The van der Waals surface area contributed by atoms with Crippen molar-refractivity contribution < 1.29 is 0 Å². The number of hydrogen-bond acceptors (Lipinski definition) is 2. The summed E-state index contributed by atoms with van der Waals surface area (Å²) < 4.78 is 1.99. The van der Waals surface area contributed by atoms with E-state index in [1.807, 2.05) is 36.1 Å². The molecule has 1 aromatic carbocycles. The van der Waals surface area contributed by atoms with Gasteiger partial charge in [-0.25, -0.2) is 4.98 Å². The van der Waals surface area contributed by atoms with Gasteiger partial charge in [-0.3, -0.25) is 0 Å². The van der Waals surface area contributed by atoms with Crippen molar-refractivity contribution in [2.45, 2.75) is 6.54 Å². The first-order valence-corrected chi connectivity index (χ1v) is 3.92. The highest BCUT2D eigenvalue weighted by atomic mass is 15.0. The Bertz CT molecular complexity index is 403. The highest BCUT2D eigenvalue weighted by Crippen LogP contribution is 2.15. The van der Waals surface area contributed by atoms with Crippen LogP contribution in [0.5, 0.6) is 0 Å². The van der Waals surface area contributed by atoms with Crippen LogP contribution < -0.4 is 5.73 Å². The molecule has 0 aliphatic carbocycles. The average molecular weight is 161 g/mol. The minimum absolute atomic E-state index is 0.550. The maximum atomic E-state index is 5.58. The Kier molecular flexibility index (Phi) is 1.59. The smallest absolute Gasteiger partial charge is 0.0955 e. The molecule has 0 spiro atoms. The van der Waals surface area contributed by atoms with Crippen molar-refractivity contribution in [2.75, 3.05) is 0 Å². The lowest BCUT2D eigenvalue weighted by atomic mass is 10.2. The SMILES string of the molecule is Cn1cnc2c(CN)cccc21. The zero-order valence-electron chi connectivity index (χ0n) is 6.99. The Morgan fingerprint density at radius 3 is 3.08 bits per heavy atom.